The highest BCUT2D eigenvalue weighted by Gasteiger charge is 2.14. The van der Waals surface area contributed by atoms with Crippen molar-refractivity contribution in [3.8, 4) is 11.3 Å². The van der Waals surface area contributed by atoms with E-state index in [9.17, 15) is 0 Å². The predicted octanol–water partition coefficient (Wildman–Crippen LogP) is 4.76. The van der Waals surface area contributed by atoms with E-state index >= 15 is 0 Å². The van der Waals surface area contributed by atoms with E-state index in [1.54, 1.807) is 0 Å². The highest BCUT2D eigenvalue weighted by atomic mass is 79.9. The summed E-state index contributed by atoms with van der Waals surface area (Å²) in [6.45, 7) is 0. The molecule has 3 rings (SSSR count). The van der Waals surface area contributed by atoms with Gasteiger partial charge in [-0.05, 0) is 46.3 Å². The van der Waals surface area contributed by atoms with Crippen molar-refractivity contribution in [3.05, 3.63) is 50.5 Å². The number of anilines is 1. The maximum atomic E-state index is 6.17. The third kappa shape index (κ3) is 2.26. The smallest absolute Gasteiger partial charge is 0.139 e. The van der Waals surface area contributed by atoms with Crippen LogP contribution < -0.4 is 5.73 Å². The molecule has 0 spiro atoms. The highest BCUT2D eigenvalue weighted by Crippen LogP contribution is 2.34. The molecule has 3 nitrogen and oxygen atoms in total. The summed E-state index contributed by atoms with van der Waals surface area (Å²) >= 11 is 13.0. The summed E-state index contributed by atoms with van der Waals surface area (Å²) in [6.07, 6.45) is 1.89. The molecule has 0 bridgehead atoms. The molecule has 2 aromatic heterocycles. The molecule has 1 aromatic carbocycles. The van der Waals surface area contributed by atoms with Crippen molar-refractivity contribution in [3.63, 3.8) is 0 Å². The number of aromatic nitrogens is 2. The number of imidazole rings is 1. The standard InChI is InChI=1S/C13H8Br2ClN3/c14-7-1-4-11-18-12(13(17)19(11)6-7)9-5-8(16)2-3-10(9)15/h1-6H,17H2. The van der Waals surface area contributed by atoms with Gasteiger partial charge in [0.15, 0.2) is 0 Å². The van der Waals surface area contributed by atoms with Crippen molar-refractivity contribution >= 4 is 54.9 Å². The number of halogens is 3. The quantitative estimate of drug-likeness (QED) is 0.639. The maximum absolute atomic E-state index is 6.17. The number of benzene rings is 1. The Hall–Kier alpha value is -1.04. The molecule has 0 fully saturated rings. The number of hydrogen-bond donors (Lipinski definition) is 1. The second-order valence-electron chi connectivity index (χ2n) is 4.05. The van der Waals surface area contributed by atoms with Crippen LogP contribution in [0.25, 0.3) is 16.9 Å². The molecule has 0 aliphatic heterocycles. The first-order chi connectivity index (χ1) is 9.06. The lowest BCUT2D eigenvalue weighted by molar-refractivity contribution is 1.18. The van der Waals surface area contributed by atoms with Gasteiger partial charge < -0.3 is 5.73 Å². The van der Waals surface area contributed by atoms with Crippen molar-refractivity contribution < 1.29 is 0 Å². The fourth-order valence-corrected chi connectivity index (χ4v) is 2.86. The van der Waals surface area contributed by atoms with Gasteiger partial charge in [-0.25, -0.2) is 4.98 Å². The van der Waals surface area contributed by atoms with Crippen molar-refractivity contribution in [2.45, 2.75) is 0 Å². The first-order valence-electron chi connectivity index (χ1n) is 5.45. The van der Waals surface area contributed by atoms with Crippen LogP contribution in [0.5, 0.6) is 0 Å². The molecule has 0 saturated heterocycles. The van der Waals surface area contributed by atoms with E-state index in [-0.39, 0.29) is 0 Å². The fourth-order valence-electron chi connectivity index (χ4n) is 1.91. The van der Waals surface area contributed by atoms with Crippen molar-refractivity contribution in [2.75, 3.05) is 5.73 Å². The highest BCUT2D eigenvalue weighted by molar-refractivity contribution is 9.10. The van der Waals surface area contributed by atoms with Gasteiger partial charge in [-0.1, -0.05) is 27.5 Å². The van der Waals surface area contributed by atoms with Gasteiger partial charge in [-0.2, -0.15) is 0 Å². The van der Waals surface area contributed by atoms with Crippen LogP contribution in [-0.4, -0.2) is 9.38 Å². The lowest BCUT2D eigenvalue weighted by atomic mass is 10.1. The fraction of sp³-hybridized carbons (Fsp3) is 0. The van der Waals surface area contributed by atoms with Crippen LogP contribution in [0.1, 0.15) is 0 Å². The van der Waals surface area contributed by atoms with Crippen LogP contribution in [0.3, 0.4) is 0 Å². The molecule has 0 radical (unpaired) electrons. The Morgan fingerprint density at radius 3 is 2.74 bits per heavy atom. The first-order valence-corrected chi connectivity index (χ1v) is 7.41. The van der Waals surface area contributed by atoms with Crippen molar-refractivity contribution in [1.29, 1.82) is 0 Å². The summed E-state index contributed by atoms with van der Waals surface area (Å²) in [6, 6.07) is 9.38. The Bertz CT molecular complexity index is 783. The molecule has 2 heterocycles. The molecule has 6 heteroatoms. The SMILES string of the molecule is Nc1c(-c2cc(Cl)ccc2Br)nc2ccc(Br)cn12. The second kappa shape index (κ2) is 4.81. The predicted molar refractivity (Wildman–Crippen MR) is 85.5 cm³/mol. The van der Waals surface area contributed by atoms with E-state index in [1.165, 1.54) is 0 Å². The number of fused-ring (bicyclic) bond motifs is 1. The van der Waals surface area contributed by atoms with E-state index < -0.39 is 0 Å². The molecule has 0 aliphatic carbocycles. The van der Waals surface area contributed by atoms with Gasteiger partial charge in [-0.3, -0.25) is 4.40 Å². The van der Waals surface area contributed by atoms with E-state index in [4.69, 9.17) is 17.3 Å². The minimum atomic E-state index is 0.583. The Morgan fingerprint density at radius 1 is 1.16 bits per heavy atom. The van der Waals surface area contributed by atoms with Gasteiger partial charge >= 0.3 is 0 Å². The third-order valence-corrected chi connectivity index (χ3v) is 4.20. The lowest BCUT2D eigenvalue weighted by Crippen LogP contribution is -1.94. The minimum Gasteiger partial charge on any atom is -0.383 e. The molecule has 3 aromatic rings. The number of rotatable bonds is 1. The van der Waals surface area contributed by atoms with Gasteiger partial charge in [0.1, 0.15) is 17.2 Å². The first kappa shape index (κ1) is 13.0. The molecule has 2 N–H and O–H groups in total. The Morgan fingerprint density at radius 2 is 1.95 bits per heavy atom. The monoisotopic (exact) mass is 399 g/mol. The van der Waals surface area contributed by atoms with Gasteiger partial charge in [0.2, 0.25) is 0 Å². The third-order valence-electron chi connectivity index (χ3n) is 2.80. The molecular formula is C13H8Br2ClN3. The van der Waals surface area contributed by atoms with Crippen molar-refractivity contribution in [2.24, 2.45) is 0 Å². The molecule has 0 unspecified atom stereocenters. The average molecular weight is 401 g/mol. The summed E-state index contributed by atoms with van der Waals surface area (Å²) < 4.78 is 3.69. The van der Waals surface area contributed by atoms with Gasteiger partial charge in [0.05, 0.1) is 0 Å². The summed E-state index contributed by atoms with van der Waals surface area (Å²) in [7, 11) is 0. The molecule has 0 amide bonds. The van der Waals surface area contributed by atoms with E-state index in [2.05, 4.69) is 36.8 Å². The number of hydrogen-bond acceptors (Lipinski definition) is 2. The van der Waals surface area contributed by atoms with Gasteiger partial charge in [0.25, 0.3) is 0 Å². The normalized spacial score (nSPS) is 11.1. The minimum absolute atomic E-state index is 0.583. The van der Waals surface area contributed by atoms with Crippen LogP contribution in [0.15, 0.2) is 45.5 Å². The molecule has 96 valence electrons. The van der Waals surface area contributed by atoms with Crippen LogP contribution in [0.4, 0.5) is 5.82 Å². The van der Waals surface area contributed by atoms with Crippen LogP contribution in [0.2, 0.25) is 5.02 Å². The number of nitrogens with zero attached hydrogens (tertiary/aromatic N) is 2. The zero-order valence-corrected chi connectivity index (χ0v) is 13.5. The Balaban J connectivity index is 2.31. The topological polar surface area (TPSA) is 43.3 Å². The van der Waals surface area contributed by atoms with E-state index in [0.29, 0.717) is 16.5 Å². The summed E-state index contributed by atoms with van der Waals surface area (Å²) in [4.78, 5) is 4.55. The molecular weight excluding hydrogens is 393 g/mol. The Labute approximate surface area is 131 Å². The zero-order chi connectivity index (χ0) is 13.6. The van der Waals surface area contributed by atoms with Crippen LogP contribution in [-0.2, 0) is 0 Å². The summed E-state index contributed by atoms with van der Waals surface area (Å²) in [5, 5.41) is 0.649. The molecule has 19 heavy (non-hydrogen) atoms. The van der Waals surface area contributed by atoms with E-state index in [1.807, 2.05) is 40.9 Å². The number of nitrogen functional groups attached to an aromatic ring is 1. The lowest BCUT2D eigenvalue weighted by Gasteiger charge is -2.03. The largest absolute Gasteiger partial charge is 0.383 e. The number of nitrogens with two attached hydrogens (primary N) is 1. The summed E-state index contributed by atoms with van der Waals surface area (Å²) in [5.41, 5.74) is 8.56. The zero-order valence-electron chi connectivity index (χ0n) is 9.57. The second-order valence-corrected chi connectivity index (χ2v) is 6.25. The summed E-state index contributed by atoms with van der Waals surface area (Å²) in [5.74, 6) is 0.583. The van der Waals surface area contributed by atoms with Gasteiger partial charge in [0, 0.05) is 25.7 Å². The van der Waals surface area contributed by atoms with Crippen LogP contribution >= 0.6 is 43.5 Å². The molecule has 0 atom stereocenters. The molecule has 0 aliphatic rings. The maximum Gasteiger partial charge on any atom is 0.139 e. The van der Waals surface area contributed by atoms with Gasteiger partial charge in [-0.15, -0.1) is 0 Å². The Kier molecular flexibility index (Phi) is 3.28. The van der Waals surface area contributed by atoms with Crippen LogP contribution in [0, 0.1) is 0 Å². The number of pyridine rings is 1. The molecule has 0 saturated carbocycles. The van der Waals surface area contributed by atoms with Crippen molar-refractivity contribution in [1.82, 2.24) is 9.38 Å². The average Bonchev–Trinajstić information content (AvgIpc) is 2.70. The van der Waals surface area contributed by atoms with E-state index in [0.717, 1.165) is 20.2 Å².